The van der Waals surface area contributed by atoms with Crippen LogP contribution in [0.4, 0.5) is 0 Å². The van der Waals surface area contributed by atoms with Crippen molar-refractivity contribution in [3.05, 3.63) is 241 Å². The van der Waals surface area contributed by atoms with Crippen molar-refractivity contribution < 1.29 is 0 Å². The van der Waals surface area contributed by atoms with Crippen LogP contribution in [0.3, 0.4) is 0 Å². The molecule has 0 spiro atoms. The van der Waals surface area contributed by atoms with Crippen LogP contribution in [-0.2, 0) is 5.41 Å². The van der Waals surface area contributed by atoms with Gasteiger partial charge in [0.25, 0.3) is 0 Å². The van der Waals surface area contributed by atoms with Crippen LogP contribution in [0.2, 0.25) is 0 Å². The summed E-state index contributed by atoms with van der Waals surface area (Å²) >= 11 is 0. The van der Waals surface area contributed by atoms with Gasteiger partial charge < -0.3 is 0 Å². The molecule has 0 bridgehead atoms. The lowest BCUT2D eigenvalue weighted by Crippen LogP contribution is -2.28. The molecule has 10 rings (SSSR count). The predicted molar refractivity (Wildman–Crippen MR) is 227 cm³/mol. The largest absolute Gasteiger partial charge is 0.228 e. The highest BCUT2D eigenvalue weighted by atomic mass is 14.9. The summed E-state index contributed by atoms with van der Waals surface area (Å²) in [5.74, 6) is 0.691. The first-order valence-corrected chi connectivity index (χ1v) is 18.8. The highest BCUT2D eigenvalue weighted by Crippen LogP contribution is 2.57. The van der Waals surface area contributed by atoms with Gasteiger partial charge in [-0.25, -0.2) is 9.97 Å². The lowest BCUT2D eigenvalue weighted by atomic mass is 9.67. The second kappa shape index (κ2) is 13.7. The van der Waals surface area contributed by atoms with Crippen LogP contribution in [0.15, 0.2) is 218 Å². The minimum atomic E-state index is -0.466. The first-order valence-electron chi connectivity index (χ1n) is 18.8. The van der Waals surface area contributed by atoms with Gasteiger partial charge in [0.1, 0.15) is 0 Å². The van der Waals surface area contributed by atoms with Gasteiger partial charge in [-0.05, 0) is 62.2 Å². The van der Waals surface area contributed by atoms with E-state index in [0.717, 1.165) is 50.3 Å². The Hall–Kier alpha value is -7.16. The summed E-state index contributed by atoms with van der Waals surface area (Å²) in [5, 5.41) is 0. The fraction of sp³-hybridized carbons (Fsp3) is 0.0189. The molecular formula is C53H36N2. The number of nitrogens with zero attached hydrogens (tertiary/aromatic N) is 2. The minimum Gasteiger partial charge on any atom is -0.228 e. The third kappa shape index (κ3) is 5.50. The van der Waals surface area contributed by atoms with Crippen molar-refractivity contribution >= 4 is 0 Å². The Bertz CT molecular complexity index is 2680. The number of benzene rings is 8. The summed E-state index contributed by atoms with van der Waals surface area (Å²) in [4.78, 5) is 10.6. The van der Waals surface area contributed by atoms with Crippen LogP contribution in [0.1, 0.15) is 22.3 Å². The maximum absolute atomic E-state index is 5.32. The van der Waals surface area contributed by atoms with Gasteiger partial charge in [0.05, 0.1) is 16.8 Å². The monoisotopic (exact) mass is 700 g/mol. The zero-order valence-electron chi connectivity index (χ0n) is 30.2. The molecule has 0 saturated heterocycles. The molecule has 1 aliphatic carbocycles. The Morgan fingerprint density at radius 2 is 0.745 bits per heavy atom. The van der Waals surface area contributed by atoms with E-state index < -0.39 is 5.41 Å². The van der Waals surface area contributed by atoms with Crippen molar-refractivity contribution in [2.75, 3.05) is 0 Å². The number of aromatic nitrogens is 2. The summed E-state index contributed by atoms with van der Waals surface area (Å²) in [7, 11) is 0. The molecule has 1 aliphatic rings. The summed E-state index contributed by atoms with van der Waals surface area (Å²) in [5.41, 5.74) is 16.5. The summed E-state index contributed by atoms with van der Waals surface area (Å²) in [6.45, 7) is 0. The highest BCUT2D eigenvalue weighted by Gasteiger charge is 2.46. The Morgan fingerprint density at radius 3 is 1.33 bits per heavy atom. The second-order valence-electron chi connectivity index (χ2n) is 14.1. The first-order chi connectivity index (χ1) is 27.3. The van der Waals surface area contributed by atoms with Crippen molar-refractivity contribution in [2.24, 2.45) is 0 Å². The molecule has 0 atom stereocenters. The topological polar surface area (TPSA) is 25.8 Å². The normalized spacial score (nSPS) is 12.5. The Morgan fingerprint density at radius 1 is 0.291 bits per heavy atom. The van der Waals surface area contributed by atoms with Crippen molar-refractivity contribution in [3.63, 3.8) is 0 Å². The van der Waals surface area contributed by atoms with Gasteiger partial charge in [0.15, 0.2) is 5.82 Å². The van der Waals surface area contributed by atoms with E-state index >= 15 is 0 Å². The fourth-order valence-corrected chi connectivity index (χ4v) is 8.59. The quantitative estimate of drug-likeness (QED) is 0.165. The molecule has 9 aromatic rings. The molecule has 8 aromatic carbocycles. The van der Waals surface area contributed by atoms with E-state index in [1.165, 1.54) is 33.4 Å². The molecule has 0 aliphatic heterocycles. The molecule has 2 nitrogen and oxygen atoms in total. The van der Waals surface area contributed by atoms with E-state index in [0.29, 0.717) is 5.82 Å². The third-order valence-electron chi connectivity index (χ3n) is 11.0. The molecule has 1 heterocycles. The first kappa shape index (κ1) is 32.5. The molecule has 0 N–H and O–H groups in total. The number of hydrogen-bond acceptors (Lipinski definition) is 2. The molecule has 0 saturated carbocycles. The van der Waals surface area contributed by atoms with E-state index in [9.17, 15) is 0 Å². The Labute approximate surface area is 322 Å². The summed E-state index contributed by atoms with van der Waals surface area (Å²) in [6.07, 6.45) is 0. The SMILES string of the molecule is c1ccc(-c2cc(-c3ccccc3)nc(-c3cccc(-c4ccccc4)c3-c3ccc4c(c3)-c3ccccc3C4(c3ccccc3)c3ccccc3)n2)cc1. The maximum atomic E-state index is 5.32. The second-order valence-corrected chi connectivity index (χ2v) is 14.1. The molecule has 1 aromatic heterocycles. The third-order valence-corrected chi connectivity index (χ3v) is 11.0. The Kier molecular flexibility index (Phi) is 8.08. The molecule has 0 unspecified atom stereocenters. The van der Waals surface area contributed by atoms with Gasteiger partial charge in [-0.15, -0.1) is 0 Å². The zero-order chi connectivity index (χ0) is 36.6. The van der Waals surface area contributed by atoms with Crippen LogP contribution in [0.5, 0.6) is 0 Å². The molecule has 0 fully saturated rings. The lowest BCUT2D eigenvalue weighted by Gasteiger charge is -2.34. The fourth-order valence-electron chi connectivity index (χ4n) is 8.59. The number of hydrogen-bond donors (Lipinski definition) is 0. The minimum absolute atomic E-state index is 0.466. The molecule has 258 valence electrons. The molecule has 0 radical (unpaired) electrons. The maximum Gasteiger partial charge on any atom is 0.161 e. The summed E-state index contributed by atoms with van der Waals surface area (Å²) in [6, 6.07) is 78.1. The predicted octanol–water partition coefficient (Wildman–Crippen LogP) is 13.2. The number of rotatable bonds is 7. The van der Waals surface area contributed by atoms with E-state index in [1.54, 1.807) is 0 Å². The molecule has 2 heteroatoms. The molecular weight excluding hydrogens is 665 g/mol. The van der Waals surface area contributed by atoms with E-state index in [-0.39, 0.29) is 0 Å². The van der Waals surface area contributed by atoms with Gasteiger partial charge in [-0.2, -0.15) is 0 Å². The molecule has 0 amide bonds. The van der Waals surface area contributed by atoms with Crippen LogP contribution in [0.25, 0.3) is 67.3 Å². The van der Waals surface area contributed by atoms with E-state index in [1.807, 2.05) is 12.1 Å². The van der Waals surface area contributed by atoms with Crippen molar-refractivity contribution in [1.82, 2.24) is 9.97 Å². The standard InChI is InChI=1S/C53H36N2/c1-6-19-37(20-7-1)43-30-18-31-45(52-54-49(38-21-8-2-9-22-38)36-50(55-52)39-23-10-3-11-24-39)51(43)40-33-34-48-46(35-40)44-29-16-17-32-47(44)53(48,41-25-12-4-13-26-41)42-27-14-5-15-28-42/h1-36H. The Balaban J connectivity index is 1.25. The lowest BCUT2D eigenvalue weighted by molar-refractivity contribution is 0.768. The molecule has 55 heavy (non-hydrogen) atoms. The highest BCUT2D eigenvalue weighted by molar-refractivity contribution is 5.97. The van der Waals surface area contributed by atoms with Crippen molar-refractivity contribution in [1.29, 1.82) is 0 Å². The van der Waals surface area contributed by atoms with Crippen LogP contribution >= 0.6 is 0 Å². The smallest absolute Gasteiger partial charge is 0.161 e. The van der Waals surface area contributed by atoms with Crippen LogP contribution < -0.4 is 0 Å². The van der Waals surface area contributed by atoms with Gasteiger partial charge in [0.2, 0.25) is 0 Å². The van der Waals surface area contributed by atoms with Crippen LogP contribution in [-0.4, -0.2) is 9.97 Å². The zero-order valence-corrected chi connectivity index (χ0v) is 30.2. The number of fused-ring (bicyclic) bond motifs is 3. The average molecular weight is 701 g/mol. The van der Waals surface area contributed by atoms with Crippen LogP contribution in [0, 0.1) is 0 Å². The van der Waals surface area contributed by atoms with Crippen molar-refractivity contribution in [3.8, 4) is 67.3 Å². The van der Waals surface area contributed by atoms with E-state index in [2.05, 4.69) is 206 Å². The van der Waals surface area contributed by atoms with Crippen molar-refractivity contribution in [2.45, 2.75) is 5.41 Å². The van der Waals surface area contributed by atoms with Gasteiger partial charge in [0, 0.05) is 22.3 Å². The van der Waals surface area contributed by atoms with Gasteiger partial charge in [-0.1, -0.05) is 206 Å². The summed E-state index contributed by atoms with van der Waals surface area (Å²) < 4.78 is 0. The van der Waals surface area contributed by atoms with Gasteiger partial charge >= 0.3 is 0 Å². The average Bonchev–Trinajstić information content (AvgIpc) is 3.58. The van der Waals surface area contributed by atoms with E-state index in [4.69, 9.17) is 9.97 Å². The van der Waals surface area contributed by atoms with Gasteiger partial charge in [-0.3, -0.25) is 0 Å².